The molecule has 0 aliphatic carbocycles. The molecule has 1 heterocycles. The quantitative estimate of drug-likeness (QED) is 0.593. The molecule has 0 bridgehead atoms. The van der Waals surface area contributed by atoms with E-state index in [1.165, 1.54) is 11.1 Å². The highest BCUT2D eigenvalue weighted by molar-refractivity contribution is 7.80. The fourth-order valence-electron chi connectivity index (χ4n) is 2.86. The Balaban J connectivity index is 1.53. The minimum Gasteiger partial charge on any atom is -0.332 e. The molecule has 0 radical (unpaired) electrons. The Morgan fingerprint density at radius 2 is 1.74 bits per heavy atom. The highest BCUT2D eigenvalue weighted by atomic mass is 32.1. The normalized spacial score (nSPS) is 10.4. The van der Waals surface area contributed by atoms with Crippen molar-refractivity contribution in [2.75, 3.05) is 5.32 Å². The lowest BCUT2D eigenvalue weighted by atomic mass is 10.0. The summed E-state index contributed by atoms with van der Waals surface area (Å²) in [6, 6.07) is 17.6. The predicted octanol–water partition coefficient (Wildman–Crippen LogP) is 3.67. The molecule has 3 rings (SSSR count). The zero-order valence-electron chi connectivity index (χ0n) is 15.4. The van der Waals surface area contributed by atoms with Gasteiger partial charge in [0.2, 0.25) is 5.91 Å². The van der Waals surface area contributed by atoms with Gasteiger partial charge in [0, 0.05) is 23.4 Å². The third-order valence-electron chi connectivity index (χ3n) is 4.33. The number of rotatable bonds is 5. The smallest absolute Gasteiger partial charge is 0.230 e. The molecule has 0 spiro atoms. The summed E-state index contributed by atoms with van der Waals surface area (Å²) in [5.74, 6) is -0.138. The molecule has 3 N–H and O–H groups in total. The Hall–Kier alpha value is -2.99. The van der Waals surface area contributed by atoms with E-state index in [4.69, 9.17) is 12.2 Å². The van der Waals surface area contributed by atoms with E-state index in [1.54, 1.807) is 0 Å². The van der Waals surface area contributed by atoms with Gasteiger partial charge in [0.25, 0.3) is 0 Å². The summed E-state index contributed by atoms with van der Waals surface area (Å²) in [5, 5.41) is 13.3. The van der Waals surface area contributed by atoms with Gasteiger partial charge in [-0.2, -0.15) is 5.10 Å². The summed E-state index contributed by atoms with van der Waals surface area (Å²) in [6.45, 7) is 4.03. The Kier molecular flexibility index (Phi) is 5.98. The minimum absolute atomic E-state index is 0.138. The van der Waals surface area contributed by atoms with Crippen LogP contribution in [0, 0.1) is 13.8 Å². The lowest BCUT2D eigenvalue weighted by Crippen LogP contribution is -2.35. The number of hydrogen-bond acceptors (Lipinski definition) is 3. The number of aromatic nitrogens is 2. The van der Waals surface area contributed by atoms with E-state index in [0.29, 0.717) is 11.5 Å². The number of hydrogen-bond donors (Lipinski definition) is 3. The van der Waals surface area contributed by atoms with E-state index in [0.717, 1.165) is 29.1 Å². The third kappa shape index (κ3) is 5.24. The first kappa shape index (κ1) is 18.8. The Morgan fingerprint density at radius 3 is 2.37 bits per heavy atom. The Bertz CT molecular complexity index is 913. The van der Waals surface area contributed by atoms with Crippen molar-refractivity contribution in [2.45, 2.75) is 26.7 Å². The van der Waals surface area contributed by atoms with Gasteiger partial charge in [-0.25, -0.2) is 0 Å². The number of H-pyrrole nitrogens is 1. The van der Waals surface area contributed by atoms with Gasteiger partial charge in [0.15, 0.2) is 5.11 Å². The maximum absolute atomic E-state index is 12.1. The van der Waals surface area contributed by atoms with Crippen LogP contribution in [0.2, 0.25) is 0 Å². The molecular weight excluding hydrogens is 356 g/mol. The number of nitrogens with zero attached hydrogens (tertiary/aromatic N) is 1. The van der Waals surface area contributed by atoms with E-state index in [1.807, 2.05) is 68.4 Å². The molecule has 6 heteroatoms. The number of amides is 1. The average molecular weight is 379 g/mol. The van der Waals surface area contributed by atoms with Crippen LogP contribution in [0.15, 0.2) is 54.6 Å². The second-order valence-corrected chi connectivity index (χ2v) is 6.86. The molecule has 0 aliphatic heterocycles. The molecule has 0 fully saturated rings. The first-order valence-corrected chi connectivity index (χ1v) is 9.16. The van der Waals surface area contributed by atoms with Crippen molar-refractivity contribution in [3.63, 3.8) is 0 Å². The fourth-order valence-corrected chi connectivity index (χ4v) is 3.09. The van der Waals surface area contributed by atoms with Gasteiger partial charge >= 0.3 is 0 Å². The summed E-state index contributed by atoms with van der Waals surface area (Å²) < 4.78 is 0. The van der Waals surface area contributed by atoms with Gasteiger partial charge in [-0.05, 0) is 49.3 Å². The van der Waals surface area contributed by atoms with Crippen molar-refractivity contribution in [1.82, 2.24) is 15.5 Å². The molecule has 0 unspecified atom stereocenters. The number of nitrogens with one attached hydrogen (secondary N) is 3. The molecule has 1 aromatic heterocycles. The summed E-state index contributed by atoms with van der Waals surface area (Å²) in [5.41, 5.74) is 6.32. The molecule has 0 saturated carbocycles. The summed E-state index contributed by atoms with van der Waals surface area (Å²) in [4.78, 5) is 12.1. The number of carbonyl (C=O) groups is 1. The van der Waals surface area contributed by atoms with E-state index in [2.05, 4.69) is 20.8 Å². The van der Waals surface area contributed by atoms with Crippen LogP contribution in [0.25, 0.3) is 0 Å². The number of anilines is 1. The molecule has 3 aromatic rings. The monoisotopic (exact) mass is 378 g/mol. The number of aromatic amines is 1. The van der Waals surface area contributed by atoms with Gasteiger partial charge in [-0.1, -0.05) is 42.5 Å². The first-order valence-electron chi connectivity index (χ1n) is 8.75. The van der Waals surface area contributed by atoms with Crippen LogP contribution in [-0.2, 0) is 17.6 Å². The number of thiocarbonyl (C=S) groups is 1. The van der Waals surface area contributed by atoms with Crippen LogP contribution in [0.1, 0.15) is 28.1 Å². The van der Waals surface area contributed by atoms with Crippen molar-refractivity contribution < 1.29 is 4.79 Å². The van der Waals surface area contributed by atoms with Crippen molar-refractivity contribution in [2.24, 2.45) is 0 Å². The van der Waals surface area contributed by atoms with Crippen molar-refractivity contribution in [3.05, 3.63) is 82.7 Å². The topological polar surface area (TPSA) is 69.8 Å². The summed E-state index contributed by atoms with van der Waals surface area (Å²) in [7, 11) is 0. The largest absolute Gasteiger partial charge is 0.332 e. The van der Waals surface area contributed by atoms with Crippen molar-refractivity contribution in [1.29, 1.82) is 0 Å². The first-order chi connectivity index (χ1) is 13.0. The number of aryl methyl sites for hydroxylation is 2. The van der Waals surface area contributed by atoms with Gasteiger partial charge < -0.3 is 10.6 Å². The van der Waals surface area contributed by atoms with Gasteiger partial charge in [-0.3, -0.25) is 9.89 Å². The zero-order chi connectivity index (χ0) is 19.2. The number of carbonyl (C=O) groups excluding carboxylic acids is 1. The highest BCUT2D eigenvalue weighted by Crippen LogP contribution is 2.17. The van der Waals surface area contributed by atoms with Crippen LogP contribution < -0.4 is 10.6 Å². The average Bonchev–Trinajstić information content (AvgIpc) is 2.96. The van der Waals surface area contributed by atoms with Crippen LogP contribution >= 0.6 is 12.2 Å². The van der Waals surface area contributed by atoms with Crippen molar-refractivity contribution in [3.8, 4) is 0 Å². The molecule has 2 aromatic carbocycles. The van der Waals surface area contributed by atoms with E-state index >= 15 is 0 Å². The van der Waals surface area contributed by atoms with Gasteiger partial charge in [0.1, 0.15) is 0 Å². The molecule has 0 aliphatic rings. The highest BCUT2D eigenvalue weighted by Gasteiger charge is 2.08. The van der Waals surface area contributed by atoms with E-state index < -0.39 is 0 Å². The Labute approximate surface area is 164 Å². The molecule has 0 saturated heterocycles. The second kappa shape index (κ2) is 8.60. The van der Waals surface area contributed by atoms with Gasteiger partial charge in [-0.15, -0.1) is 0 Å². The maximum atomic E-state index is 12.1. The predicted molar refractivity (Wildman–Crippen MR) is 112 cm³/mol. The van der Waals surface area contributed by atoms with Crippen molar-refractivity contribution >= 4 is 28.9 Å². The molecule has 1 amide bonds. The second-order valence-electron chi connectivity index (χ2n) is 6.45. The lowest BCUT2D eigenvalue weighted by Gasteiger charge is -2.10. The Morgan fingerprint density at radius 1 is 1.04 bits per heavy atom. The zero-order valence-corrected chi connectivity index (χ0v) is 16.2. The third-order valence-corrected chi connectivity index (χ3v) is 4.54. The fraction of sp³-hybridized carbons (Fsp3) is 0.190. The summed E-state index contributed by atoms with van der Waals surface area (Å²) >= 11 is 5.23. The molecule has 0 atom stereocenters. The molecule has 138 valence electrons. The molecular formula is C21H22N4OS. The lowest BCUT2D eigenvalue weighted by molar-refractivity contribution is -0.119. The van der Waals surface area contributed by atoms with Crippen LogP contribution in [-0.4, -0.2) is 21.2 Å². The van der Waals surface area contributed by atoms with Crippen LogP contribution in [0.5, 0.6) is 0 Å². The SMILES string of the molecule is Cc1n[nH]c(C)c1Cc1ccc(NC(=S)NC(=O)Cc2ccccc2)cc1. The standard InChI is InChI=1S/C21H22N4OS/c1-14-19(15(2)25-24-14)12-17-8-10-18(11-9-17)22-21(27)23-20(26)13-16-6-4-3-5-7-16/h3-11H,12-13H2,1-2H3,(H,24,25)(H2,22,23,26,27). The molecule has 27 heavy (non-hydrogen) atoms. The van der Waals surface area contributed by atoms with Gasteiger partial charge in [0.05, 0.1) is 12.1 Å². The van der Waals surface area contributed by atoms with Crippen LogP contribution in [0.4, 0.5) is 5.69 Å². The molecule has 5 nitrogen and oxygen atoms in total. The minimum atomic E-state index is -0.138. The number of benzene rings is 2. The van der Waals surface area contributed by atoms with Crippen LogP contribution in [0.3, 0.4) is 0 Å². The van der Waals surface area contributed by atoms with E-state index in [9.17, 15) is 4.79 Å². The summed E-state index contributed by atoms with van der Waals surface area (Å²) in [6.07, 6.45) is 1.12. The van der Waals surface area contributed by atoms with E-state index in [-0.39, 0.29) is 5.91 Å². The maximum Gasteiger partial charge on any atom is 0.230 e.